The Bertz CT molecular complexity index is 308. The summed E-state index contributed by atoms with van der Waals surface area (Å²) >= 11 is 0. The monoisotopic (exact) mass is 205 g/mol. The van der Waals surface area contributed by atoms with Crippen molar-refractivity contribution in [2.45, 2.75) is 6.42 Å². The minimum Gasteiger partial charge on any atom is -0.305 e. The average molecular weight is 205 g/mol. The molecule has 0 aliphatic carbocycles. The second-order valence-corrected chi connectivity index (χ2v) is 5.85. The van der Waals surface area contributed by atoms with E-state index in [0.717, 1.165) is 19.5 Å². The fourth-order valence-electron chi connectivity index (χ4n) is 2.47. The molecule has 5 nitrogen and oxygen atoms in total. The van der Waals surface area contributed by atoms with Gasteiger partial charge in [-0.1, -0.05) is 0 Å². The molecule has 2 fully saturated rings. The maximum atomic E-state index is 11.0. The molecule has 2 aliphatic heterocycles. The Labute approximate surface area is 78.7 Å². The largest absolute Gasteiger partial charge is 0.305 e. The molecule has 0 saturated carbocycles. The average Bonchev–Trinajstić information content (AvgIpc) is 2.29. The summed E-state index contributed by atoms with van der Waals surface area (Å²) in [5.74, 6) is 0. The zero-order chi connectivity index (χ0) is 9.69. The molecule has 0 aromatic heterocycles. The van der Waals surface area contributed by atoms with Gasteiger partial charge in [0.15, 0.2) is 0 Å². The highest BCUT2D eigenvalue weighted by molar-refractivity contribution is 7.86. The Balaban J connectivity index is 2.03. The Morgan fingerprint density at radius 3 is 2.31 bits per heavy atom. The number of likely N-dealkylation sites (tertiary alicyclic amines) is 1. The molecule has 0 aromatic rings. The number of nitrogens with two attached hydrogens (primary N) is 1. The normalized spacial score (nSPS) is 29.4. The third-order valence-electron chi connectivity index (χ3n) is 2.97. The molecule has 1 spiro atoms. The van der Waals surface area contributed by atoms with Crippen molar-refractivity contribution in [2.75, 3.05) is 33.2 Å². The van der Waals surface area contributed by atoms with Crippen molar-refractivity contribution < 1.29 is 8.42 Å². The Hall–Kier alpha value is -0.170. The second-order valence-electron chi connectivity index (χ2n) is 4.30. The van der Waals surface area contributed by atoms with Crippen LogP contribution in [0.4, 0.5) is 0 Å². The van der Waals surface area contributed by atoms with Crippen LogP contribution in [0.15, 0.2) is 0 Å². The molecule has 0 radical (unpaired) electrons. The van der Waals surface area contributed by atoms with Gasteiger partial charge in [0.05, 0.1) is 0 Å². The molecule has 13 heavy (non-hydrogen) atoms. The van der Waals surface area contributed by atoms with Gasteiger partial charge in [0, 0.05) is 31.6 Å². The summed E-state index contributed by atoms with van der Waals surface area (Å²) in [6.45, 7) is 3.20. The molecule has 0 unspecified atom stereocenters. The summed E-state index contributed by atoms with van der Waals surface area (Å²) in [6, 6.07) is 0. The molecule has 2 rings (SSSR count). The van der Waals surface area contributed by atoms with Crippen LogP contribution in [-0.4, -0.2) is 50.8 Å². The lowest BCUT2D eigenvalue weighted by molar-refractivity contribution is 0.0363. The van der Waals surface area contributed by atoms with Gasteiger partial charge in [-0.2, -0.15) is 12.7 Å². The SMILES string of the molecule is CN1CC2(CCN(S(N)(=O)=O)C2)C1. The van der Waals surface area contributed by atoms with E-state index in [2.05, 4.69) is 4.90 Å². The van der Waals surface area contributed by atoms with Gasteiger partial charge in [-0.3, -0.25) is 0 Å². The van der Waals surface area contributed by atoms with E-state index in [1.807, 2.05) is 7.05 Å². The van der Waals surface area contributed by atoms with Crippen molar-refractivity contribution in [3.05, 3.63) is 0 Å². The fraction of sp³-hybridized carbons (Fsp3) is 1.00. The predicted octanol–water partition coefficient (Wildman–Crippen LogP) is -1.17. The maximum Gasteiger partial charge on any atom is 0.276 e. The third kappa shape index (κ3) is 1.59. The smallest absolute Gasteiger partial charge is 0.276 e. The maximum absolute atomic E-state index is 11.0. The minimum absolute atomic E-state index is 0.210. The molecule has 6 heteroatoms. The zero-order valence-electron chi connectivity index (χ0n) is 7.73. The molecule has 0 amide bonds. The molecular weight excluding hydrogens is 190 g/mol. The lowest BCUT2D eigenvalue weighted by Gasteiger charge is -2.46. The van der Waals surface area contributed by atoms with Crippen molar-refractivity contribution >= 4 is 10.2 Å². The lowest BCUT2D eigenvalue weighted by Crippen LogP contribution is -2.55. The summed E-state index contributed by atoms with van der Waals surface area (Å²) in [4.78, 5) is 2.20. The first-order valence-corrected chi connectivity index (χ1v) is 5.88. The van der Waals surface area contributed by atoms with Gasteiger partial charge in [-0.25, -0.2) is 5.14 Å². The number of nitrogens with zero attached hydrogens (tertiary/aromatic N) is 2. The lowest BCUT2D eigenvalue weighted by atomic mass is 9.80. The van der Waals surface area contributed by atoms with E-state index in [1.165, 1.54) is 4.31 Å². The highest BCUT2D eigenvalue weighted by Gasteiger charge is 2.48. The summed E-state index contributed by atoms with van der Waals surface area (Å²) < 4.78 is 23.5. The molecule has 2 N–H and O–H groups in total. The molecule has 76 valence electrons. The molecule has 0 aromatic carbocycles. The van der Waals surface area contributed by atoms with Crippen LogP contribution < -0.4 is 5.14 Å². The summed E-state index contributed by atoms with van der Waals surface area (Å²) in [6.07, 6.45) is 0.952. The van der Waals surface area contributed by atoms with Crippen molar-refractivity contribution in [1.82, 2.24) is 9.21 Å². The summed E-state index contributed by atoms with van der Waals surface area (Å²) in [7, 11) is -1.41. The van der Waals surface area contributed by atoms with Gasteiger partial charge in [0.1, 0.15) is 0 Å². The van der Waals surface area contributed by atoms with Crippen LogP contribution in [-0.2, 0) is 10.2 Å². The summed E-state index contributed by atoms with van der Waals surface area (Å²) in [5, 5.41) is 5.06. The minimum atomic E-state index is -3.45. The van der Waals surface area contributed by atoms with Gasteiger partial charge in [-0.05, 0) is 13.5 Å². The van der Waals surface area contributed by atoms with Gasteiger partial charge in [-0.15, -0.1) is 0 Å². The van der Waals surface area contributed by atoms with Crippen molar-refractivity contribution in [3.63, 3.8) is 0 Å². The van der Waals surface area contributed by atoms with Crippen LogP contribution in [0.5, 0.6) is 0 Å². The predicted molar refractivity (Wildman–Crippen MR) is 49.2 cm³/mol. The first-order valence-electron chi connectivity index (χ1n) is 4.38. The van der Waals surface area contributed by atoms with Crippen LogP contribution in [0.1, 0.15) is 6.42 Å². The first-order chi connectivity index (χ1) is 5.91. The molecule has 2 heterocycles. The van der Waals surface area contributed by atoms with Crippen LogP contribution in [0.25, 0.3) is 0 Å². The van der Waals surface area contributed by atoms with Crippen LogP contribution in [0, 0.1) is 5.41 Å². The van der Waals surface area contributed by atoms with Crippen molar-refractivity contribution in [2.24, 2.45) is 10.6 Å². The quantitative estimate of drug-likeness (QED) is 0.586. The molecule has 2 saturated heterocycles. The van der Waals surface area contributed by atoms with Gasteiger partial charge < -0.3 is 4.90 Å². The van der Waals surface area contributed by atoms with Crippen LogP contribution >= 0.6 is 0 Å². The van der Waals surface area contributed by atoms with E-state index in [4.69, 9.17) is 5.14 Å². The number of hydrogen-bond acceptors (Lipinski definition) is 3. The van der Waals surface area contributed by atoms with Crippen molar-refractivity contribution in [1.29, 1.82) is 0 Å². The third-order valence-corrected chi connectivity index (χ3v) is 4.01. The molecule has 0 bridgehead atoms. The zero-order valence-corrected chi connectivity index (χ0v) is 8.55. The van der Waals surface area contributed by atoms with E-state index in [0.29, 0.717) is 13.1 Å². The van der Waals surface area contributed by atoms with Crippen molar-refractivity contribution in [3.8, 4) is 0 Å². The fourth-order valence-corrected chi connectivity index (χ4v) is 3.27. The Morgan fingerprint density at radius 1 is 1.31 bits per heavy atom. The standard InChI is InChI=1S/C7H15N3O2S/c1-9-4-7(5-9)2-3-10(6-7)13(8,11)12/h2-6H2,1H3,(H2,8,11,12). The van der Waals surface area contributed by atoms with Gasteiger partial charge in [0.25, 0.3) is 10.2 Å². The Kier molecular flexibility index (Phi) is 1.92. The van der Waals surface area contributed by atoms with E-state index in [1.54, 1.807) is 0 Å². The second kappa shape index (κ2) is 2.66. The molecule has 2 aliphatic rings. The van der Waals surface area contributed by atoms with Gasteiger partial charge >= 0.3 is 0 Å². The van der Waals surface area contributed by atoms with E-state index in [-0.39, 0.29) is 5.41 Å². The van der Waals surface area contributed by atoms with Crippen LogP contribution in [0.2, 0.25) is 0 Å². The van der Waals surface area contributed by atoms with Crippen LogP contribution in [0.3, 0.4) is 0 Å². The van der Waals surface area contributed by atoms with Gasteiger partial charge in [0.2, 0.25) is 0 Å². The number of rotatable bonds is 1. The topological polar surface area (TPSA) is 66.6 Å². The number of hydrogen-bond donors (Lipinski definition) is 1. The molecule has 0 atom stereocenters. The highest BCUT2D eigenvalue weighted by Crippen LogP contribution is 2.38. The van der Waals surface area contributed by atoms with E-state index >= 15 is 0 Å². The first kappa shape index (κ1) is 9.39. The van der Waals surface area contributed by atoms with E-state index in [9.17, 15) is 8.42 Å². The van der Waals surface area contributed by atoms with E-state index < -0.39 is 10.2 Å². The Morgan fingerprint density at radius 2 is 1.92 bits per heavy atom. The molecular formula is C7H15N3O2S. The summed E-state index contributed by atoms with van der Waals surface area (Å²) in [5.41, 5.74) is 0.210. The highest BCUT2D eigenvalue weighted by atomic mass is 32.2.